The fourth-order valence-corrected chi connectivity index (χ4v) is 0.777. The van der Waals surface area contributed by atoms with Crippen LogP contribution in [0.3, 0.4) is 0 Å². The summed E-state index contributed by atoms with van der Waals surface area (Å²) >= 11 is 0. The van der Waals surface area contributed by atoms with Crippen molar-refractivity contribution < 1.29 is 22.4 Å². The maximum Gasteiger partial charge on any atom is 0.0104 e. The summed E-state index contributed by atoms with van der Waals surface area (Å²) in [7, 11) is 2.15. The Labute approximate surface area is 66.1 Å². The molecule has 0 aromatic rings. The van der Waals surface area contributed by atoms with Gasteiger partial charge in [-0.2, -0.15) is 0 Å². The van der Waals surface area contributed by atoms with Crippen molar-refractivity contribution in [3.05, 3.63) is 0 Å². The molecule has 0 saturated carbocycles. The largest absolute Gasteiger partial charge is 0.314 e. The molecule has 0 aromatic carbocycles. The Balaban J connectivity index is 0.000000490. The Bertz CT molecular complexity index is 52.4. The van der Waals surface area contributed by atoms with E-state index in [4.69, 9.17) is 0 Å². The van der Waals surface area contributed by atoms with E-state index in [0.717, 1.165) is 13.1 Å². The van der Waals surface area contributed by atoms with Crippen LogP contribution in [0.5, 0.6) is 0 Å². The maximum absolute atomic E-state index is 3.27. The van der Waals surface area contributed by atoms with E-state index in [9.17, 15) is 0 Å². The quantitative estimate of drug-likeness (QED) is 0.541. The molecule has 53 valence electrons. The molecule has 1 fully saturated rings. The molecule has 0 aliphatic carbocycles. The Hall–Kier alpha value is 0.660. The second kappa shape index (κ2) is 4.53. The predicted octanol–water partition coefficient (Wildman–Crippen LogP) is -0.481. The van der Waals surface area contributed by atoms with Crippen molar-refractivity contribution in [1.82, 2.24) is 10.2 Å². The zero-order chi connectivity index (χ0) is 5.11. The third kappa shape index (κ3) is 2.85. The fraction of sp³-hybridized carbons (Fsp3) is 1.00. The van der Waals surface area contributed by atoms with Crippen LogP contribution in [0.4, 0.5) is 0 Å². The van der Waals surface area contributed by atoms with Gasteiger partial charge in [-0.25, -0.2) is 0 Å². The Morgan fingerprint density at radius 2 is 1.75 bits per heavy atom. The minimum absolute atomic E-state index is 0. The molecule has 1 saturated heterocycles. The fourth-order valence-electron chi connectivity index (χ4n) is 0.777. The molecule has 3 heteroatoms. The van der Waals surface area contributed by atoms with Gasteiger partial charge in [-0.1, -0.05) is 0 Å². The second-order valence-corrected chi connectivity index (χ2v) is 2.05. The van der Waals surface area contributed by atoms with E-state index in [1.54, 1.807) is 0 Å². The molecule has 1 radical (unpaired) electrons. The van der Waals surface area contributed by atoms with Crippen molar-refractivity contribution in [2.24, 2.45) is 0 Å². The van der Waals surface area contributed by atoms with Crippen LogP contribution in [0.2, 0.25) is 0 Å². The first kappa shape index (κ1) is 8.66. The Morgan fingerprint density at radius 3 is 2.00 bits per heavy atom. The van der Waals surface area contributed by atoms with E-state index in [0.29, 0.717) is 0 Å². The van der Waals surface area contributed by atoms with Gasteiger partial charge in [-0.15, -0.1) is 0 Å². The zero-order valence-corrected chi connectivity index (χ0v) is 6.56. The smallest absolute Gasteiger partial charge is 0.0104 e. The van der Waals surface area contributed by atoms with E-state index in [1.807, 2.05) is 0 Å². The van der Waals surface area contributed by atoms with Gasteiger partial charge >= 0.3 is 0 Å². The third-order valence-electron chi connectivity index (χ3n) is 1.34. The molecule has 0 unspecified atom stereocenters. The number of nitrogens with one attached hydrogen (secondary N) is 1. The van der Waals surface area contributed by atoms with Gasteiger partial charge in [-0.05, 0) is 7.05 Å². The molecule has 1 N–H and O–H groups in total. The monoisotopic (exact) mass is 207 g/mol. The maximum atomic E-state index is 3.27. The zero-order valence-electron chi connectivity index (χ0n) is 5.08. The van der Waals surface area contributed by atoms with Crippen molar-refractivity contribution in [2.75, 3.05) is 33.2 Å². The number of nitrogens with zero attached hydrogens (tertiary/aromatic N) is 1. The number of likely N-dealkylation sites (N-methyl/N-ethyl adjacent to an activating group) is 1. The van der Waals surface area contributed by atoms with E-state index < -0.39 is 0 Å². The normalized spacial score (nSPS) is 22.1. The molecule has 0 bridgehead atoms. The van der Waals surface area contributed by atoms with Crippen LogP contribution in [0.15, 0.2) is 0 Å². The van der Waals surface area contributed by atoms with Crippen LogP contribution in [-0.2, 0) is 22.4 Å². The van der Waals surface area contributed by atoms with Gasteiger partial charge in [0.05, 0.1) is 0 Å². The summed E-state index contributed by atoms with van der Waals surface area (Å²) in [6.45, 7) is 4.74. The van der Waals surface area contributed by atoms with Gasteiger partial charge in [0.15, 0.2) is 0 Å². The van der Waals surface area contributed by atoms with Crippen LogP contribution in [-0.4, -0.2) is 38.1 Å². The van der Waals surface area contributed by atoms with Gasteiger partial charge in [0.1, 0.15) is 0 Å². The molecule has 1 rings (SSSR count). The van der Waals surface area contributed by atoms with Gasteiger partial charge in [-0.3, -0.25) is 0 Å². The van der Waals surface area contributed by atoms with Crippen molar-refractivity contribution in [3.63, 3.8) is 0 Å². The summed E-state index contributed by atoms with van der Waals surface area (Å²) in [6.07, 6.45) is 0. The van der Waals surface area contributed by atoms with Crippen LogP contribution >= 0.6 is 0 Å². The van der Waals surface area contributed by atoms with Gasteiger partial charge in [0.25, 0.3) is 0 Å². The molecule has 0 spiro atoms. The molecule has 1 aliphatic rings. The first-order chi connectivity index (χ1) is 3.39. The van der Waals surface area contributed by atoms with Crippen molar-refractivity contribution >= 4 is 0 Å². The van der Waals surface area contributed by atoms with Crippen LogP contribution in [0.25, 0.3) is 0 Å². The SMILES string of the molecule is CN1CCNCC1.[Ag]. The van der Waals surface area contributed by atoms with E-state index in [1.165, 1.54) is 13.1 Å². The van der Waals surface area contributed by atoms with Crippen molar-refractivity contribution in [3.8, 4) is 0 Å². The molecule has 2 nitrogen and oxygen atoms in total. The number of hydrogen-bond acceptors (Lipinski definition) is 2. The minimum Gasteiger partial charge on any atom is -0.314 e. The van der Waals surface area contributed by atoms with Crippen molar-refractivity contribution in [2.45, 2.75) is 0 Å². The molecule has 0 atom stereocenters. The van der Waals surface area contributed by atoms with E-state index >= 15 is 0 Å². The average Bonchev–Trinajstić information content (AvgIpc) is 1.69. The first-order valence-electron chi connectivity index (χ1n) is 2.79. The van der Waals surface area contributed by atoms with Gasteiger partial charge in [0.2, 0.25) is 0 Å². The number of hydrogen-bond donors (Lipinski definition) is 1. The van der Waals surface area contributed by atoms with Crippen LogP contribution in [0, 0.1) is 0 Å². The molecule has 8 heavy (non-hydrogen) atoms. The molecular weight excluding hydrogens is 196 g/mol. The molecule has 1 heterocycles. The van der Waals surface area contributed by atoms with Gasteiger partial charge < -0.3 is 10.2 Å². The Kier molecular flexibility index (Phi) is 4.90. The molecule has 1 aliphatic heterocycles. The summed E-state index contributed by atoms with van der Waals surface area (Å²) in [6, 6.07) is 0. The summed E-state index contributed by atoms with van der Waals surface area (Å²) in [4.78, 5) is 2.33. The summed E-state index contributed by atoms with van der Waals surface area (Å²) in [5.74, 6) is 0. The summed E-state index contributed by atoms with van der Waals surface area (Å²) < 4.78 is 0. The molecule has 0 amide bonds. The second-order valence-electron chi connectivity index (χ2n) is 2.05. The first-order valence-corrected chi connectivity index (χ1v) is 2.79. The van der Waals surface area contributed by atoms with Crippen molar-refractivity contribution in [1.29, 1.82) is 0 Å². The third-order valence-corrected chi connectivity index (χ3v) is 1.34. The summed E-state index contributed by atoms with van der Waals surface area (Å²) in [5.41, 5.74) is 0. The summed E-state index contributed by atoms with van der Waals surface area (Å²) in [5, 5.41) is 3.27. The van der Waals surface area contributed by atoms with Crippen LogP contribution in [0.1, 0.15) is 0 Å². The molecule has 0 aromatic heterocycles. The van der Waals surface area contributed by atoms with Crippen LogP contribution < -0.4 is 5.32 Å². The Morgan fingerprint density at radius 1 is 1.25 bits per heavy atom. The van der Waals surface area contributed by atoms with E-state index in [-0.39, 0.29) is 22.4 Å². The predicted molar refractivity (Wildman–Crippen MR) is 30.4 cm³/mol. The number of piperazine rings is 1. The average molecular weight is 208 g/mol. The van der Waals surface area contributed by atoms with Gasteiger partial charge in [0, 0.05) is 48.6 Å². The number of rotatable bonds is 0. The minimum atomic E-state index is 0. The molecular formula is C5H12AgN2. The topological polar surface area (TPSA) is 15.3 Å². The standard InChI is InChI=1S/C5H12N2.Ag/c1-7-4-2-6-3-5-7;/h6H,2-5H2,1H3;. The van der Waals surface area contributed by atoms with E-state index in [2.05, 4.69) is 17.3 Å².